The van der Waals surface area contributed by atoms with Gasteiger partial charge in [0.05, 0.1) is 21.4 Å². The number of rotatable bonds is 3. The van der Waals surface area contributed by atoms with Gasteiger partial charge in [0, 0.05) is 6.54 Å². The van der Waals surface area contributed by atoms with E-state index in [-0.39, 0.29) is 15.7 Å². The van der Waals surface area contributed by atoms with Crippen molar-refractivity contribution in [1.82, 2.24) is 5.32 Å². The lowest BCUT2D eigenvalue weighted by Crippen LogP contribution is -2.09. The number of hydrogen-bond donors (Lipinski definition) is 1. The van der Waals surface area contributed by atoms with E-state index >= 15 is 0 Å². The van der Waals surface area contributed by atoms with Crippen molar-refractivity contribution >= 4 is 9.84 Å². The monoisotopic (exact) mass is 312 g/mol. The zero-order chi connectivity index (χ0) is 15.6. The van der Waals surface area contributed by atoms with E-state index in [0.717, 1.165) is 25.1 Å². The summed E-state index contributed by atoms with van der Waals surface area (Å²) in [6.07, 6.45) is 0.972. The Hall–Kier alpha value is -2.16. The van der Waals surface area contributed by atoms with Gasteiger partial charge in [0.2, 0.25) is 9.84 Å². The van der Waals surface area contributed by atoms with Gasteiger partial charge in [-0.15, -0.1) is 0 Å². The molecule has 1 unspecified atom stereocenters. The van der Waals surface area contributed by atoms with Crippen molar-refractivity contribution in [2.24, 2.45) is 0 Å². The summed E-state index contributed by atoms with van der Waals surface area (Å²) in [5.74, 6) is 0.281. The normalized spacial score (nSPS) is 18.0. The first-order chi connectivity index (χ1) is 10.6. The van der Waals surface area contributed by atoms with Crippen LogP contribution in [-0.2, 0) is 9.84 Å². The molecule has 112 valence electrons. The smallest absolute Gasteiger partial charge is 0.206 e. The summed E-state index contributed by atoms with van der Waals surface area (Å²) in [4.78, 5) is 0.416. The molecule has 2 aromatic rings. The van der Waals surface area contributed by atoms with Crippen LogP contribution in [0.1, 0.15) is 23.5 Å². The summed E-state index contributed by atoms with van der Waals surface area (Å²) >= 11 is 0. The summed E-state index contributed by atoms with van der Waals surface area (Å²) in [6, 6.07) is 15.3. The van der Waals surface area contributed by atoms with E-state index in [1.54, 1.807) is 42.5 Å². The van der Waals surface area contributed by atoms with Crippen molar-refractivity contribution < 1.29 is 8.42 Å². The molecule has 5 heteroatoms. The first kappa shape index (κ1) is 14.8. The fourth-order valence-electron chi connectivity index (χ4n) is 2.81. The second kappa shape index (κ2) is 5.91. The van der Waals surface area contributed by atoms with Crippen LogP contribution in [0.2, 0.25) is 0 Å². The summed E-state index contributed by atoms with van der Waals surface area (Å²) in [6.45, 7) is 1.76. The Morgan fingerprint density at radius 2 is 1.86 bits per heavy atom. The van der Waals surface area contributed by atoms with E-state index in [9.17, 15) is 13.7 Å². The SMILES string of the molecule is N#Cc1cc(S(=O)(=O)c2ccccc2)ccc1C1CCNC1. The lowest BCUT2D eigenvalue weighted by atomic mass is 9.94. The summed E-state index contributed by atoms with van der Waals surface area (Å²) < 4.78 is 25.2. The Morgan fingerprint density at radius 1 is 1.09 bits per heavy atom. The van der Waals surface area contributed by atoms with Crippen molar-refractivity contribution in [3.8, 4) is 6.07 Å². The average Bonchev–Trinajstić information content (AvgIpc) is 3.09. The zero-order valence-corrected chi connectivity index (χ0v) is 12.8. The maximum atomic E-state index is 12.6. The molecule has 4 nitrogen and oxygen atoms in total. The number of sulfone groups is 1. The molecule has 1 fully saturated rings. The Labute approximate surface area is 130 Å². The largest absolute Gasteiger partial charge is 0.316 e. The summed E-state index contributed by atoms with van der Waals surface area (Å²) in [7, 11) is -3.58. The molecular weight excluding hydrogens is 296 g/mol. The zero-order valence-electron chi connectivity index (χ0n) is 12.0. The molecule has 0 radical (unpaired) electrons. The molecule has 0 aromatic heterocycles. The fraction of sp³-hybridized carbons (Fsp3) is 0.235. The van der Waals surface area contributed by atoms with Gasteiger partial charge in [0.1, 0.15) is 0 Å². The van der Waals surface area contributed by atoms with E-state index in [2.05, 4.69) is 11.4 Å². The second-order valence-corrected chi connectivity index (χ2v) is 7.32. The van der Waals surface area contributed by atoms with Gasteiger partial charge in [-0.25, -0.2) is 8.42 Å². The van der Waals surface area contributed by atoms with Crippen LogP contribution in [0.3, 0.4) is 0 Å². The molecule has 1 heterocycles. The minimum absolute atomic E-state index is 0.171. The van der Waals surface area contributed by atoms with Crippen molar-refractivity contribution in [2.75, 3.05) is 13.1 Å². The molecule has 0 spiro atoms. The van der Waals surface area contributed by atoms with Crippen LogP contribution in [0, 0.1) is 11.3 Å². The highest BCUT2D eigenvalue weighted by atomic mass is 32.2. The average molecular weight is 312 g/mol. The Morgan fingerprint density at radius 3 is 2.50 bits per heavy atom. The first-order valence-corrected chi connectivity index (χ1v) is 8.66. The molecule has 2 aromatic carbocycles. The minimum Gasteiger partial charge on any atom is -0.316 e. The van der Waals surface area contributed by atoms with Gasteiger partial charge in [-0.1, -0.05) is 24.3 Å². The quantitative estimate of drug-likeness (QED) is 0.945. The highest BCUT2D eigenvalue weighted by Crippen LogP contribution is 2.29. The van der Waals surface area contributed by atoms with Crippen LogP contribution >= 0.6 is 0 Å². The Balaban J connectivity index is 2.04. The first-order valence-electron chi connectivity index (χ1n) is 7.18. The van der Waals surface area contributed by atoms with Gasteiger partial charge >= 0.3 is 0 Å². The van der Waals surface area contributed by atoms with E-state index in [0.29, 0.717) is 5.56 Å². The number of benzene rings is 2. The van der Waals surface area contributed by atoms with Crippen LogP contribution in [0.15, 0.2) is 58.3 Å². The molecule has 22 heavy (non-hydrogen) atoms. The Kier molecular flexibility index (Phi) is 3.97. The van der Waals surface area contributed by atoms with Crippen molar-refractivity contribution in [2.45, 2.75) is 22.1 Å². The van der Waals surface area contributed by atoms with Gasteiger partial charge < -0.3 is 5.32 Å². The van der Waals surface area contributed by atoms with E-state index < -0.39 is 9.84 Å². The van der Waals surface area contributed by atoms with E-state index in [1.165, 1.54) is 6.07 Å². The topological polar surface area (TPSA) is 70.0 Å². The standard InChI is InChI=1S/C17H16N2O2S/c18-11-14-10-16(6-7-17(14)13-8-9-19-12-13)22(20,21)15-4-2-1-3-5-15/h1-7,10,13,19H,8-9,12H2. The molecule has 0 saturated carbocycles. The highest BCUT2D eigenvalue weighted by Gasteiger charge is 2.23. The lowest BCUT2D eigenvalue weighted by Gasteiger charge is -2.12. The van der Waals surface area contributed by atoms with Gasteiger partial charge in [-0.3, -0.25) is 0 Å². The highest BCUT2D eigenvalue weighted by molar-refractivity contribution is 7.91. The third kappa shape index (κ3) is 2.63. The molecule has 1 saturated heterocycles. The minimum atomic E-state index is -3.58. The predicted molar refractivity (Wildman–Crippen MR) is 83.3 cm³/mol. The van der Waals surface area contributed by atoms with Crippen molar-refractivity contribution in [3.05, 3.63) is 59.7 Å². The molecule has 0 amide bonds. The molecule has 1 aliphatic heterocycles. The molecule has 0 bridgehead atoms. The molecule has 1 aliphatic rings. The molecule has 1 N–H and O–H groups in total. The number of nitrogens with one attached hydrogen (secondary N) is 1. The maximum Gasteiger partial charge on any atom is 0.206 e. The van der Waals surface area contributed by atoms with Crippen LogP contribution < -0.4 is 5.32 Å². The number of nitriles is 1. The van der Waals surface area contributed by atoms with Gasteiger partial charge in [0.25, 0.3) is 0 Å². The van der Waals surface area contributed by atoms with Gasteiger partial charge in [0.15, 0.2) is 0 Å². The number of hydrogen-bond acceptors (Lipinski definition) is 4. The van der Waals surface area contributed by atoms with Crippen LogP contribution in [0.4, 0.5) is 0 Å². The maximum absolute atomic E-state index is 12.6. The molecular formula is C17H16N2O2S. The molecule has 3 rings (SSSR count). The van der Waals surface area contributed by atoms with Crippen LogP contribution in [0.25, 0.3) is 0 Å². The van der Waals surface area contributed by atoms with Gasteiger partial charge in [-0.2, -0.15) is 5.26 Å². The van der Waals surface area contributed by atoms with Crippen LogP contribution in [0.5, 0.6) is 0 Å². The summed E-state index contributed by atoms with van der Waals surface area (Å²) in [5, 5.41) is 12.6. The molecule has 0 aliphatic carbocycles. The number of nitrogens with zero attached hydrogens (tertiary/aromatic N) is 1. The van der Waals surface area contributed by atoms with E-state index in [4.69, 9.17) is 0 Å². The fourth-order valence-corrected chi connectivity index (χ4v) is 4.12. The van der Waals surface area contributed by atoms with Gasteiger partial charge in [-0.05, 0) is 48.7 Å². The van der Waals surface area contributed by atoms with Crippen molar-refractivity contribution in [3.63, 3.8) is 0 Å². The second-order valence-electron chi connectivity index (χ2n) is 5.37. The third-order valence-corrected chi connectivity index (χ3v) is 5.78. The van der Waals surface area contributed by atoms with E-state index in [1.807, 2.05) is 0 Å². The summed E-state index contributed by atoms with van der Waals surface area (Å²) in [5.41, 5.74) is 1.38. The van der Waals surface area contributed by atoms with Crippen molar-refractivity contribution in [1.29, 1.82) is 5.26 Å². The predicted octanol–water partition coefficient (Wildman–Crippen LogP) is 2.47. The lowest BCUT2D eigenvalue weighted by molar-refractivity contribution is 0.596. The van der Waals surface area contributed by atoms with Crippen LogP contribution in [-0.4, -0.2) is 21.5 Å². The third-order valence-electron chi connectivity index (χ3n) is 4.01. The molecule has 1 atom stereocenters. The Bertz CT molecular complexity index is 817.